The summed E-state index contributed by atoms with van der Waals surface area (Å²) in [5.41, 5.74) is 0. The molecular formula is C6H10ClN3O5. The Morgan fingerprint density at radius 2 is 2.13 bits per heavy atom. The molecule has 8 nitrogen and oxygen atoms in total. The molecule has 3 N–H and O–H groups in total. The van der Waals surface area contributed by atoms with Crippen LogP contribution in [-0.4, -0.2) is 52.3 Å². The second-order valence-corrected chi connectivity index (χ2v) is 2.79. The van der Waals surface area contributed by atoms with Crippen molar-refractivity contribution in [2.75, 3.05) is 19.0 Å². The first-order chi connectivity index (χ1) is 7.06. The number of hydrogen-bond acceptors (Lipinski definition) is 5. The summed E-state index contributed by atoms with van der Waals surface area (Å²) < 4.78 is 0. The van der Waals surface area contributed by atoms with E-state index in [4.69, 9.17) is 21.8 Å². The standard InChI is InChI=1S/C6H10ClN3O5/c7-1-2-10(9-15)6(14)8-4(3-11)5(12)13/h4,11H,1-3H2,(H,8,14)(H,12,13). The van der Waals surface area contributed by atoms with Gasteiger partial charge in [-0.15, -0.1) is 16.5 Å². The molecule has 0 rings (SSSR count). The lowest BCUT2D eigenvalue weighted by Gasteiger charge is -2.16. The molecule has 0 aliphatic carbocycles. The number of nitrogens with zero attached hydrogens (tertiary/aromatic N) is 2. The van der Waals surface area contributed by atoms with Gasteiger partial charge in [0, 0.05) is 5.88 Å². The maximum absolute atomic E-state index is 11.1. The molecule has 0 aromatic carbocycles. The molecular weight excluding hydrogens is 230 g/mol. The van der Waals surface area contributed by atoms with Crippen LogP contribution in [0.3, 0.4) is 0 Å². The van der Waals surface area contributed by atoms with E-state index >= 15 is 0 Å². The van der Waals surface area contributed by atoms with Crippen LogP contribution in [0.1, 0.15) is 0 Å². The molecule has 0 heterocycles. The van der Waals surface area contributed by atoms with Crippen LogP contribution in [-0.2, 0) is 4.79 Å². The number of carbonyl (C=O) groups is 2. The van der Waals surface area contributed by atoms with Crippen LogP contribution in [0.25, 0.3) is 0 Å². The number of aliphatic hydroxyl groups excluding tert-OH is 1. The SMILES string of the molecule is O=NN(CCCl)C(=O)NC(CO)C(=O)O. The number of rotatable bonds is 6. The highest BCUT2D eigenvalue weighted by Crippen LogP contribution is 1.94. The van der Waals surface area contributed by atoms with Crippen molar-refractivity contribution in [2.24, 2.45) is 5.29 Å². The van der Waals surface area contributed by atoms with Gasteiger partial charge in [-0.05, 0) is 0 Å². The molecule has 0 saturated heterocycles. The Morgan fingerprint density at radius 3 is 2.47 bits per heavy atom. The van der Waals surface area contributed by atoms with Gasteiger partial charge in [0.2, 0.25) is 0 Å². The van der Waals surface area contributed by atoms with Crippen molar-refractivity contribution in [1.82, 2.24) is 10.3 Å². The maximum atomic E-state index is 11.1. The highest BCUT2D eigenvalue weighted by Gasteiger charge is 2.22. The van der Waals surface area contributed by atoms with E-state index in [1.165, 1.54) is 0 Å². The number of hydrogen-bond donors (Lipinski definition) is 3. The van der Waals surface area contributed by atoms with Gasteiger partial charge >= 0.3 is 12.0 Å². The molecule has 1 atom stereocenters. The van der Waals surface area contributed by atoms with Crippen molar-refractivity contribution in [3.05, 3.63) is 4.91 Å². The maximum Gasteiger partial charge on any atom is 0.341 e. The Hall–Kier alpha value is -1.41. The summed E-state index contributed by atoms with van der Waals surface area (Å²) in [6, 6.07) is -2.50. The molecule has 0 bridgehead atoms. The fourth-order valence-electron chi connectivity index (χ4n) is 0.669. The Labute approximate surface area is 89.8 Å². The number of aliphatic hydroxyl groups is 1. The smallest absolute Gasteiger partial charge is 0.341 e. The third kappa shape index (κ3) is 4.56. The summed E-state index contributed by atoms with van der Waals surface area (Å²) in [4.78, 5) is 31.7. The number of carboxylic acids is 1. The van der Waals surface area contributed by atoms with Crippen molar-refractivity contribution in [1.29, 1.82) is 0 Å². The van der Waals surface area contributed by atoms with Crippen molar-refractivity contribution < 1.29 is 19.8 Å². The Morgan fingerprint density at radius 1 is 1.53 bits per heavy atom. The third-order valence-electron chi connectivity index (χ3n) is 1.41. The van der Waals surface area contributed by atoms with E-state index in [2.05, 4.69) is 5.29 Å². The molecule has 86 valence electrons. The fraction of sp³-hybridized carbons (Fsp3) is 0.667. The average Bonchev–Trinajstić information content (AvgIpc) is 2.21. The quantitative estimate of drug-likeness (QED) is 0.324. The van der Waals surface area contributed by atoms with Crippen LogP contribution in [0.15, 0.2) is 5.29 Å². The van der Waals surface area contributed by atoms with Gasteiger partial charge in [0.05, 0.1) is 18.4 Å². The van der Waals surface area contributed by atoms with Gasteiger partial charge in [-0.2, -0.15) is 5.01 Å². The van der Waals surface area contributed by atoms with E-state index in [0.29, 0.717) is 5.01 Å². The Kier molecular flexibility index (Phi) is 6.30. The van der Waals surface area contributed by atoms with Gasteiger partial charge in [-0.3, -0.25) is 0 Å². The van der Waals surface area contributed by atoms with Gasteiger partial charge in [-0.1, -0.05) is 0 Å². The molecule has 0 aliphatic rings. The summed E-state index contributed by atoms with van der Waals surface area (Å²) in [5, 5.41) is 21.7. The fourth-order valence-corrected chi connectivity index (χ4v) is 0.829. The minimum atomic E-state index is -1.47. The number of aliphatic carboxylic acids is 1. The number of urea groups is 1. The lowest BCUT2D eigenvalue weighted by molar-refractivity contribution is -0.140. The van der Waals surface area contributed by atoms with Crippen molar-refractivity contribution in [3.63, 3.8) is 0 Å². The summed E-state index contributed by atoms with van der Waals surface area (Å²) in [6.45, 7) is -0.927. The van der Waals surface area contributed by atoms with E-state index in [1.807, 2.05) is 5.32 Å². The first kappa shape index (κ1) is 13.6. The molecule has 2 amide bonds. The van der Waals surface area contributed by atoms with Crippen LogP contribution >= 0.6 is 11.6 Å². The predicted octanol–water partition coefficient (Wildman–Crippen LogP) is -0.636. The normalized spacial score (nSPS) is 11.6. The van der Waals surface area contributed by atoms with Crippen LogP contribution in [0.5, 0.6) is 0 Å². The molecule has 1 unspecified atom stereocenters. The Balaban J connectivity index is 4.30. The van der Waals surface area contributed by atoms with Crippen LogP contribution in [0.4, 0.5) is 4.79 Å². The van der Waals surface area contributed by atoms with Gasteiger partial charge < -0.3 is 15.5 Å². The number of nitrogens with one attached hydrogen (secondary N) is 1. The van der Waals surface area contributed by atoms with E-state index in [1.54, 1.807) is 0 Å². The van der Waals surface area contributed by atoms with Crippen molar-refractivity contribution >= 4 is 23.6 Å². The number of alkyl halides is 1. The highest BCUT2D eigenvalue weighted by molar-refractivity contribution is 6.18. The molecule has 0 spiro atoms. The minimum absolute atomic E-state index is 0.0178. The largest absolute Gasteiger partial charge is 0.480 e. The molecule has 15 heavy (non-hydrogen) atoms. The summed E-state index contributed by atoms with van der Waals surface area (Å²) in [7, 11) is 0. The summed E-state index contributed by atoms with van der Waals surface area (Å²) in [6.07, 6.45) is 0. The lowest BCUT2D eigenvalue weighted by atomic mass is 10.3. The Bertz CT molecular complexity index is 249. The first-order valence-corrected chi connectivity index (χ1v) is 4.41. The molecule has 0 radical (unpaired) electrons. The number of carbonyl (C=O) groups excluding carboxylic acids is 1. The van der Waals surface area contributed by atoms with Gasteiger partial charge in [0.1, 0.15) is 0 Å². The van der Waals surface area contributed by atoms with E-state index < -0.39 is 24.6 Å². The van der Waals surface area contributed by atoms with Crippen molar-refractivity contribution in [2.45, 2.75) is 6.04 Å². The molecule has 0 aromatic heterocycles. The number of carboxylic acid groups (broad SMARTS) is 1. The van der Waals surface area contributed by atoms with Crippen LogP contribution < -0.4 is 5.32 Å². The summed E-state index contributed by atoms with van der Waals surface area (Å²) in [5.74, 6) is -1.43. The monoisotopic (exact) mass is 239 g/mol. The second-order valence-electron chi connectivity index (χ2n) is 2.42. The second kappa shape index (κ2) is 6.96. The molecule has 9 heteroatoms. The zero-order valence-electron chi connectivity index (χ0n) is 7.59. The predicted molar refractivity (Wildman–Crippen MR) is 50.3 cm³/mol. The number of nitroso groups, excluding NO2 is 1. The highest BCUT2D eigenvalue weighted by atomic mass is 35.5. The molecule has 0 fully saturated rings. The topological polar surface area (TPSA) is 119 Å². The van der Waals surface area contributed by atoms with Crippen LogP contribution in [0, 0.1) is 4.91 Å². The van der Waals surface area contributed by atoms with Crippen molar-refractivity contribution in [3.8, 4) is 0 Å². The zero-order valence-corrected chi connectivity index (χ0v) is 8.35. The van der Waals surface area contributed by atoms with E-state index in [9.17, 15) is 14.5 Å². The molecule has 0 aliphatic heterocycles. The van der Waals surface area contributed by atoms with Gasteiger partial charge in [0.25, 0.3) is 0 Å². The molecule has 0 saturated carbocycles. The van der Waals surface area contributed by atoms with Gasteiger partial charge in [0.15, 0.2) is 6.04 Å². The number of amides is 2. The third-order valence-corrected chi connectivity index (χ3v) is 1.58. The minimum Gasteiger partial charge on any atom is -0.480 e. The molecule has 0 aromatic rings. The first-order valence-electron chi connectivity index (χ1n) is 3.87. The van der Waals surface area contributed by atoms with Gasteiger partial charge in [-0.25, -0.2) is 9.59 Å². The lowest BCUT2D eigenvalue weighted by Crippen LogP contribution is -2.48. The van der Waals surface area contributed by atoms with E-state index in [0.717, 1.165) is 0 Å². The zero-order chi connectivity index (χ0) is 11.8. The average molecular weight is 240 g/mol. The summed E-state index contributed by atoms with van der Waals surface area (Å²) >= 11 is 5.27. The van der Waals surface area contributed by atoms with Crippen LogP contribution in [0.2, 0.25) is 0 Å². The number of halogens is 1. The van der Waals surface area contributed by atoms with E-state index in [-0.39, 0.29) is 12.4 Å².